The molecule has 0 saturated carbocycles. The summed E-state index contributed by atoms with van der Waals surface area (Å²) in [7, 11) is -4.16. The van der Waals surface area contributed by atoms with E-state index >= 15 is 0 Å². The van der Waals surface area contributed by atoms with E-state index in [-0.39, 0.29) is 6.42 Å². The van der Waals surface area contributed by atoms with Crippen molar-refractivity contribution < 1.29 is 36.3 Å². The van der Waals surface area contributed by atoms with Crippen molar-refractivity contribution in [2.24, 2.45) is 0 Å². The number of ether oxygens (including phenoxy) is 1. The van der Waals surface area contributed by atoms with Crippen LogP contribution < -0.4 is 5.32 Å². The fourth-order valence-electron chi connectivity index (χ4n) is 4.73. The maximum absolute atomic E-state index is 13.7. The summed E-state index contributed by atoms with van der Waals surface area (Å²) in [6, 6.07) is 25.5. The number of amides is 2. The molecule has 1 N–H and O–H groups in total. The fraction of sp³-hybridized carbons (Fsp3) is 0.207. The molecule has 2 amide bonds. The zero-order chi connectivity index (χ0) is 29.1. The highest BCUT2D eigenvalue weighted by molar-refractivity contribution is 7.92. The van der Waals surface area contributed by atoms with E-state index in [0.29, 0.717) is 11.1 Å². The van der Waals surface area contributed by atoms with E-state index in [1.54, 1.807) is 84.9 Å². The molecule has 10 nitrogen and oxygen atoms in total. The van der Waals surface area contributed by atoms with E-state index in [2.05, 4.69) is 5.32 Å². The summed E-state index contributed by atoms with van der Waals surface area (Å²) in [5.74, 6) is -3.18. The van der Waals surface area contributed by atoms with Crippen LogP contribution in [0.25, 0.3) is 0 Å². The van der Waals surface area contributed by atoms with Crippen LogP contribution in [0.3, 0.4) is 0 Å². The van der Waals surface area contributed by atoms with Gasteiger partial charge in [0.2, 0.25) is 11.3 Å². The van der Waals surface area contributed by atoms with Gasteiger partial charge in [0.1, 0.15) is 0 Å². The molecule has 2 aliphatic rings. The molecule has 0 spiro atoms. The van der Waals surface area contributed by atoms with E-state index in [9.17, 15) is 27.4 Å². The van der Waals surface area contributed by atoms with Gasteiger partial charge in [-0.3, -0.25) is 14.5 Å². The van der Waals surface area contributed by atoms with Crippen molar-refractivity contribution in [1.29, 1.82) is 0 Å². The van der Waals surface area contributed by atoms with Crippen LogP contribution in [-0.4, -0.2) is 59.1 Å². The van der Waals surface area contributed by atoms with E-state index in [1.807, 2.05) is 6.07 Å². The molecule has 3 aromatic carbocycles. The number of hydrogen-bond donors (Lipinski definition) is 1. The predicted octanol–water partition coefficient (Wildman–Crippen LogP) is 2.17. The third-order valence-corrected chi connectivity index (χ3v) is 8.56. The monoisotopic (exact) mass is 594 g/mol. The number of nitrogens with one attached hydrogen (secondary N) is 1. The van der Waals surface area contributed by atoms with Gasteiger partial charge in [-0.25, -0.2) is 4.79 Å². The molecule has 0 bridgehead atoms. The minimum Gasteiger partial charge on any atom is -0.614 e. The summed E-state index contributed by atoms with van der Waals surface area (Å²) < 4.78 is 48.2. The molecule has 1 saturated heterocycles. The number of rotatable bonds is 9. The molecule has 2 heterocycles. The second kappa shape index (κ2) is 11.8. The van der Waals surface area contributed by atoms with Gasteiger partial charge in [0.15, 0.2) is 29.4 Å². The van der Waals surface area contributed by atoms with Crippen LogP contribution in [0.2, 0.25) is 0 Å². The number of carbonyl (C=O) groups excluding carboxylic acids is 3. The van der Waals surface area contributed by atoms with Gasteiger partial charge in [0.25, 0.3) is 5.91 Å². The third kappa shape index (κ3) is 6.29. The maximum atomic E-state index is 13.7. The Morgan fingerprint density at radius 3 is 2.05 bits per heavy atom. The lowest BCUT2D eigenvalue weighted by molar-refractivity contribution is -0.155. The molecule has 12 heteroatoms. The SMILES string of the molecule is CS(=O)(=O)OC1=C(C(=O)OC(c2ccccc2)c2ccccc2)N2C(=O)C(NC(=O)Cc3ccccc3)[C@H]2[S+]([O-])C1. The van der Waals surface area contributed by atoms with Crippen LogP contribution in [0.15, 0.2) is 102 Å². The maximum Gasteiger partial charge on any atom is 0.359 e. The molecule has 2 aliphatic heterocycles. The Labute approximate surface area is 240 Å². The first-order valence-electron chi connectivity index (χ1n) is 12.6. The summed E-state index contributed by atoms with van der Waals surface area (Å²) in [6.45, 7) is 0. The van der Waals surface area contributed by atoms with Crippen LogP contribution >= 0.6 is 0 Å². The van der Waals surface area contributed by atoms with Gasteiger partial charge >= 0.3 is 16.1 Å². The molecule has 5 rings (SSSR count). The van der Waals surface area contributed by atoms with E-state index < -0.39 is 73.8 Å². The quantitative estimate of drug-likeness (QED) is 0.172. The Morgan fingerprint density at radius 1 is 0.976 bits per heavy atom. The summed E-state index contributed by atoms with van der Waals surface area (Å²) >= 11 is -1.89. The Balaban J connectivity index is 1.44. The summed E-state index contributed by atoms with van der Waals surface area (Å²) in [5, 5.41) is 1.49. The van der Waals surface area contributed by atoms with Gasteiger partial charge in [-0.2, -0.15) is 8.42 Å². The zero-order valence-electron chi connectivity index (χ0n) is 21.8. The van der Waals surface area contributed by atoms with Crippen LogP contribution in [-0.2, 0) is 51.0 Å². The summed E-state index contributed by atoms with van der Waals surface area (Å²) in [5.41, 5.74) is 1.53. The number of benzene rings is 3. The largest absolute Gasteiger partial charge is 0.614 e. The number of carbonyl (C=O) groups is 3. The lowest BCUT2D eigenvalue weighted by Gasteiger charge is -2.48. The number of esters is 1. The summed E-state index contributed by atoms with van der Waals surface area (Å²) in [4.78, 5) is 40.6. The smallest absolute Gasteiger partial charge is 0.359 e. The van der Waals surface area contributed by atoms with Crippen molar-refractivity contribution >= 4 is 39.1 Å². The first-order valence-corrected chi connectivity index (χ1v) is 15.8. The van der Waals surface area contributed by atoms with Gasteiger partial charge < -0.3 is 18.8 Å². The van der Waals surface area contributed by atoms with Gasteiger partial charge in [-0.15, -0.1) is 0 Å². The molecule has 0 aliphatic carbocycles. The minimum atomic E-state index is -4.16. The Bertz CT molecular complexity index is 1540. The molecule has 3 aromatic rings. The fourth-order valence-corrected chi connectivity index (χ4v) is 6.87. The van der Waals surface area contributed by atoms with Gasteiger partial charge in [0, 0.05) is 0 Å². The van der Waals surface area contributed by atoms with Crippen LogP contribution in [0.4, 0.5) is 0 Å². The lowest BCUT2D eigenvalue weighted by Crippen LogP contribution is -2.75. The zero-order valence-corrected chi connectivity index (χ0v) is 23.5. The predicted molar refractivity (Wildman–Crippen MR) is 149 cm³/mol. The van der Waals surface area contributed by atoms with Crippen LogP contribution in [0.5, 0.6) is 0 Å². The number of hydrogen-bond acceptors (Lipinski definition) is 8. The number of nitrogens with zero attached hydrogens (tertiary/aromatic N) is 1. The number of fused-ring (bicyclic) bond motifs is 1. The van der Waals surface area contributed by atoms with Gasteiger partial charge in [-0.1, -0.05) is 91.0 Å². The van der Waals surface area contributed by atoms with Crippen molar-refractivity contribution in [3.63, 3.8) is 0 Å². The van der Waals surface area contributed by atoms with Crippen molar-refractivity contribution in [2.45, 2.75) is 23.9 Å². The average Bonchev–Trinajstić information content (AvgIpc) is 2.95. The second-order valence-electron chi connectivity index (χ2n) is 9.50. The van der Waals surface area contributed by atoms with Crippen LogP contribution in [0, 0.1) is 0 Å². The van der Waals surface area contributed by atoms with E-state index in [0.717, 1.165) is 16.7 Å². The minimum absolute atomic E-state index is 0.00696. The van der Waals surface area contributed by atoms with Gasteiger partial charge in [-0.05, 0) is 27.9 Å². The summed E-state index contributed by atoms with van der Waals surface area (Å²) in [6.07, 6.45) is -0.132. The second-order valence-corrected chi connectivity index (χ2v) is 12.6. The van der Waals surface area contributed by atoms with Crippen LogP contribution in [0.1, 0.15) is 22.8 Å². The highest BCUT2D eigenvalue weighted by Crippen LogP contribution is 2.39. The molecular formula is C29H26N2O8S2. The average molecular weight is 595 g/mol. The molecular weight excluding hydrogens is 568 g/mol. The molecule has 41 heavy (non-hydrogen) atoms. The molecule has 3 atom stereocenters. The Morgan fingerprint density at radius 2 is 1.51 bits per heavy atom. The first-order chi connectivity index (χ1) is 19.6. The molecule has 2 unspecified atom stereocenters. The van der Waals surface area contributed by atoms with Crippen molar-refractivity contribution in [1.82, 2.24) is 10.2 Å². The van der Waals surface area contributed by atoms with Crippen molar-refractivity contribution in [2.75, 3.05) is 12.0 Å². The topological polar surface area (TPSA) is 142 Å². The Kier molecular flexibility index (Phi) is 8.15. The molecule has 1 fully saturated rings. The first kappa shape index (κ1) is 28.4. The highest BCUT2D eigenvalue weighted by Gasteiger charge is 2.62. The third-order valence-electron chi connectivity index (χ3n) is 6.49. The van der Waals surface area contributed by atoms with E-state index in [1.165, 1.54) is 0 Å². The van der Waals surface area contributed by atoms with Gasteiger partial charge in [0.05, 0.1) is 12.7 Å². The molecule has 0 radical (unpaired) electrons. The molecule has 212 valence electrons. The van der Waals surface area contributed by atoms with Crippen molar-refractivity contribution in [3.05, 3.63) is 119 Å². The molecule has 0 aromatic heterocycles. The normalized spacial score (nSPS) is 20.2. The Hall–Kier alpha value is -4.13. The van der Waals surface area contributed by atoms with E-state index in [4.69, 9.17) is 8.92 Å². The number of β-lactam (4-membered cyclic amide) rings is 1. The lowest BCUT2D eigenvalue weighted by atomic mass is 10.0. The standard InChI is InChI=1S/C29H26N2O8S2/c1-41(36,37)39-22-18-40(35)28-24(30-23(32)17-19-11-5-2-6-12-19)27(33)31(28)25(22)29(34)38-26(20-13-7-3-8-14-20)21-15-9-4-10-16-21/h2-16,24,26,28H,17-18H2,1H3,(H,30,32)/t24?,28-,40?/m1/s1. The van der Waals surface area contributed by atoms with Crippen molar-refractivity contribution in [3.8, 4) is 0 Å². The highest BCUT2D eigenvalue weighted by atomic mass is 32.2.